The fourth-order valence-electron chi connectivity index (χ4n) is 4.77. The lowest BCUT2D eigenvalue weighted by molar-refractivity contribution is 0.221. The van der Waals surface area contributed by atoms with E-state index in [2.05, 4.69) is 79.4 Å². The molecule has 0 aliphatic carbocycles. The molecule has 4 rings (SSSR count). The van der Waals surface area contributed by atoms with Crippen molar-refractivity contribution in [3.63, 3.8) is 0 Å². The van der Waals surface area contributed by atoms with Crippen LogP contribution in [0, 0.1) is 0 Å². The van der Waals surface area contributed by atoms with Crippen molar-refractivity contribution >= 4 is 13.9 Å². The summed E-state index contributed by atoms with van der Waals surface area (Å²) in [5.41, 5.74) is 3.86. The second-order valence-corrected chi connectivity index (χ2v) is 11.3. The summed E-state index contributed by atoms with van der Waals surface area (Å²) in [6, 6.07) is 25.7. The third-order valence-electron chi connectivity index (χ3n) is 7.00. The standard InChI is InChI=1S/C30H38NO2P/c1-4-30(2,34-28-19-10-9-16-25(28)22-31-20-11-6-12-21-31)26-17-13-18-27(32-3)29(26)33-23-24-14-7-5-8-15-24/h5,7-10,13-19,34H,4,6,11-12,20-23H2,1-3H3. The van der Waals surface area contributed by atoms with Crippen LogP contribution in [0.5, 0.6) is 11.5 Å². The molecule has 0 amide bonds. The second kappa shape index (κ2) is 11.9. The van der Waals surface area contributed by atoms with Gasteiger partial charge in [-0.1, -0.05) is 95.6 Å². The average Bonchev–Trinajstić information content (AvgIpc) is 2.89. The Labute approximate surface area is 207 Å². The van der Waals surface area contributed by atoms with Gasteiger partial charge in [0.1, 0.15) is 6.61 Å². The average molecular weight is 476 g/mol. The third kappa shape index (κ3) is 6.01. The lowest BCUT2D eigenvalue weighted by Crippen LogP contribution is -2.31. The zero-order valence-electron chi connectivity index (χ0n) is 20.8. The Hall–Kier alpha value is -2.35. The first-order valence-electron chi connectivity index (χ1n) is 12.6. The topological polar surface area (TPSA) is 21.7 Å². The summed E-state index contributed by atoms with van der Waals surface area (Å²) in [5.74, 6) is 1.68. The molecule has 0 radical (unpaired) electrons. The highest BCUT2D eigenvalue weighted by molar-refractivity contribution is 7.48. The number of methoxy groups -OCH3 is 1. The Bertz CT molecular complexity index is 1050. The van der Waals surface area contributed by atoms with Crippen LogP contribution >= 0.6 is 8.58 Å². The lowest BCUT2D eigenvalue weighted by Gasteiger charge is -2.33. The first-order chi connectivity index (χ1) is 16.6. The molecule has 0 spiro atoms. The molecule has 1 fully saturated rings. The van der Waals surface area contributed by atoms with Crippen molar-refractivity contribution in [2.45, 2.75) is 57.8 Å². The lowest BCUT2D eigenvalue weighted by atomic mass is 9.96. The highest BCUT2D eigenvalue weighted by atomic mass is 31.1. The van der Waals surface area contributed by atoms with E-state index < -0.39 is 0 Å². The number of para-hydroxylation sites is 1. The van der Waals surface area contributed by atoms with Gasteiger partial charge in [-0.15, -0.1) is 0 Å². The van der Waals surface area contributed by atoms with E-state index in [-0.39, 0.29) is 5.16 Å². The molecule has 3 aromatic rings. The van der Waals surface area contributed by atoms with Gasteiger partial charge in [0.15, 0.2) is 11.5 Å². The fourth-order valence-corrected chi connectivity index (χ4v) is 6.38. The number of likely N-dealkylation sites (tertiary alicyclic amines) is 1. The van der Waals surface area contributed by atoms with E-state index in [1.54, 1.807) is 7.11 Å². The van der Waals surface area contributed by atoms with Gasteiger partial charge in [0.25, 0.3) is 0 Å². The Morgan fingerprint density at radius 2 is 1.62 bits per heavy atom. The van der Waals surface area contributed by atoms with Crippen molar-refractivity contribution < 1.29 is 9.47 Å². The molecule has 1 aliphatic heterocycles. The Kier molecular flexibility index (Phi) is 8.64. The molecule has 1 saturated heterocycles. The Morgan fingerprint density at radius 3 is 2.35 bits per heavy atom. The van der Waals surface area contributed by atoms with Crippen LogP contribution in [0.1, 0.15) is 56.2 Å². The highest BCUT2D eigenvalue weighted by Gasteiger charge is 2.31. The van der Waals surface area contributed by atoms with E-state index >= 15 is 0 Å². The summed E-state index contributed by atoms with van der Waals surface area (Å²) in [4.78, 5) is 2.62. The molecule has 0 bridgehead atoms. The first-order valence-corrected chi connectivity index (χ1v) is 13.6. The fraction of sp³-hybridized carbons (Fsp3) is 0.400. The molecule has 3 nitrogen and oxygen atoms in total. The molecule has 1 aliphatic rings. The van der Waals surface area contributed by atoms with Gasteiger partial charge in [-0.05, 0) is 54.8 Å². The quantitative estimate of drug-likeness (QED) is 0.298. The zero-order chi connectivity index (χ0) is 23.8. The Morgan fingerprint density at radius 1 is 0.882 bits per heavy atom. The molecule has 1 heterocycles. The van der Waals surface area contributed by atoms with Crippen molar-refractivity contribution in [2.24, 2.45) is 0 Å². The van der Waals surface area contributed by atoms with Crippen molar-refractivity contribution in [1.29, 1.82) is 0 Å². The maximum atomic E-state index is 6.45. The maximum absolute atomic E-state index is 6.45. The molecule has 0 N–H and O–H groups in total. The van der Waals surface area contributed by atoms with E-state index in [4.69, 9.17) is 9.47 Å². The molecule has 4 heteroatoms. The normalized spacial score (nSPS) is 16.4. The van der Waals surface area contributed by atoms with Crippen molar-refractivity contribution in [1.82, 2.24) is 4.90 Å². The minimum atomic E-state index is -0.0431. The van der Waals surface area contributed by atoms with Crippen molar-refractivity contribution in [3.05, 3.63) is 89.5 Å². The zero-order valence-corrected chi connectivity index (χ0v) is 21.8. The largest absolute Gasteiger partial charge is 0.493 e. The number of benzene rings is 3. The van der Waals surface area contributed by atoms with Crippen LogP contribution in [0.4, 0.5) is 0 Å². The number of hydrogen-bond acceptors (Lipinski definition) is 3. The van der Waals surface area contributed by atoms with E-state index in [1.807, 2.05) is 12.1 Å². The van der Waals surface area contributed by atoms with Crippen LogP contribution in [0.3, 0.4) is 0 Å². The van der Waals surface area contributed by atoms with Gasteiger partial charge in [-0.3, -0.25) is 4.90 Å². The summed E-state index contributed by atoms with van der Waals surface area (Å²) in [5, 5.41) is 1.42. The molecule has 2 atom stereocenters. The van der Waals surface area contributed by atoms with Gasteiger partial charge >= 0.3 is 0 Å². The minimum Gasteiger partial charge on any atom is -0.493 e. The molecule has 180 valence electrons. The van der Waals surface area contributed by atoms with Gasteiger partial charge in [0, 0.05) is 17.3 Å². The first kappa shape index (κ1) is 24.8. The van der Waals surface area contributed by atoms with Crippen LogP contribution in [-0.4, -0.2) is 25.1 Å². The molecule has 0 aromatic heterocycles. The van der Waals surface area contributed by atoms with Gasteiger partial charge in [-0.2, -0.15) is 0 Å². The molecule has 0 saturated carbocycles. The molecule has 3 aromatic carbocycles. The summed E-state index contributed by atoms with van der Waals surface area (Å²) < 4.78 is 12.2. The number of rotatable bonds is 10. The molecule has 34 heavy (non-hydrogen) atoms. The summed E-state index contributed by atoms with van der Waals surface area (Å²) in [7, 11) is 2.38. The van der Waals surface area contributed by atoms with Crippen molar-refractivity contribution in [2.75, 3.05) is 20.2 Å². The number of piperidine rings is 1. The monoisotopic (exact) mass is 475 g/mol. The highest BCUT2D eigenvalue weighted by Crippen LogP contribution is 2.50. The van der Waals surface area contributed by atoms with Crippen LogP contribution in [0.25, 0.3) is 0 Å². The van der Waals surface area contributed by atoms with Gasteiger partial charge in [-0.25, -0.2) is 0 Å². The SMILES string of the molecule is CCC(C)(Pc1ccccc1CN1CCCCC1)c1cccc(OC)c1OCc1ccccc1. The Balaban J connectivity index is 1.62. The number of nitrogens with zero attached hydrogens (tertiary/aromatic N) is 1. The van der Waals surface area contributed by atoms with E-state index in [0.717, 1.165) is 30.0 Å². The molecular formula is C30H38NO2P. The minimum absolute atomic E-state index is 0.0431. The smallest absolute Gasteiger partial charge is 0.165 e. The van der Waals surface area contributed by atoms with Gasteiger partial charge in [0.2, 0.25) is 0 Å². The molecule has 2 unspecified atom stereocenters. The van der Waals surface area contributed by atoms with E-state index in [0.29, 0.717) is 15.2 Å². The number of hydrogen-bond donors (Lipinski definition) is 0. The number of ether oxygens (including phenoxy) is 2. The van der Waals surface area contributed by atoms with Gasteiger partial charge in [0.05, 0.1) is 7.11 Å². The van der Waals surface area contributed by atoms with Crippen LogP contribution < -0.4 is 14.8 Å². The van der Waals surface area contributed by atoms with Gasteiger partial charge < -0.3 is 9.47 Å². The predicted molar refractivity (Wildman–Crippen MR) is 145 cm³/mol. The maximum Gasteiger partial charge on any atom is 0.165 e. The molecular weight excluding hydrogens is 437 g/mol. The second-order valence-electron chi connectivity index (χ2n) is 9.42. The van der Waals surface area contributed by atoms with Crippen LogP contribution in [0.15, 0.2) is 72.8 Å². The van der Waals surface area contributed by atoms with Crippen LogP contribution in [-0.2, 0) is 18.3 Å². The van der Waals surface area contributed by atoms with Crippen molar-refractivity contribution in [3.8, 4) is 11.5 Å². The summed E-state index contributed by atoms with van der Waals surface area (Å²) in [6.07, 6.45) is 5.04. The van der Waals surface area contributed by atoms with E-state index in [9.17, 15) is 0 Å². The third-order valence-corrected chi connectivity index (χ3v) is 8.93. The predicted octanol–water partition coefficient (Wildman–Crippen LogP) is 6.89. The van der Waals surface area contributed by atoms with E-state index in [1.165, 1.54) is 48.8 Å². The summed E-state index contributed by atoms with van der Waals surface area (Å²) >= 11 is 0. The summed E-state index contributed by atoms with van der Waals surface area (Å²) in [6.45, 7) is 8.70. The van der Waals surface area contributed by atoms with Crippen LogP contribution in [0.2, 0.25) is 0 Å².